The minimum absolute atomic E-state index is 0.0397. The van der Waals surface area contributed by atoms with Crippen LogP contribution in [-0.4, -0.2) is 63.2 Å². The molecule has 0 aromatic heterocycles. The number of benzene rings is 1. The zero-order valence-electron chi connectivity index (χ0n) is 12.0. The molecule has 2 unspecified atom stereocenters. The first-order chi connectivity index (χ1) is 10.7. The number of aliphatic carboxylic acids is 2. The molecule has 0 fully saturated rings. The first-order valence-electron chi connectivity index (χ1n) is 6.33. The number of aromatic hydroxyl groups is 1. The Hall–Kier alpha value is -1.06. The maximum atomic E-state index is 10.8. The van der Waals surface area contributed by atoms with Gasteiger partial charge in [-0.15, -0.1) is 0 Å². The van der Waals surface area contributed by atoms with Gasteiger partial charge < -0.3 is 0 Å². The van der Waals surface area contributed by atoms with Gasteiger partial charge in [0.2, 0.25) is 0 Å². The third-order valence-corrected chi connectivity index (χ3v) is 15.9. The zero-order chi connectivity index (χ0) is 17.6. The normalized spacial score (nSPS) is 14.9. The van der Waals surface area contributed by atoms with Crippen LogP contribution in [0.5, 0.6) is 5.75 Å². The molecule has 11 heteroatoms. The van der Waals surface area contributed by atoms with E-state index in [1.54, 1.807) is 12.1 Å². The summed E-state index contributed by atoms with van der Waals surface area (Å²) < 4.78 is 0.859. The van der Waals surface area contributed by atoms with Crippen molar-refractivity contribution in [3.05, 3.63) is 18.2 Å². The molecule has 1 rings (SSSR count). The minimum atomic E-state index is -1.96. The van der Waals surface area contributed by atoms with E-state index < -0.39 is 36.4 Å². The Kier molecular flexibility index (Phi) is 8.07. The number of carbonyl (C=O) groups is 2. The van der Waals surface area contributed by atoms with Crippen molar-refractivity contribution in [3.63, 3.8) is 0 Å². The first kappa shape index (κ1) is 20.0. The van der Waals surface area contributed by atoms with Crippen LogP contribution >= 0.6 is 20.0 Å². The summed E-state index contributed by atoms with van der Waals surface area (Å²) >= 11 is -1.96. The molecule has 0 saturated heterocycles. The number of phenols is 1. The molecule has 0 amide bonds. The van der Waals surface area contributed by atoms with Gasteiger partial charge in [-0.1, -0.05) is 0 Å². The molecule has 23 heavy (non-hydrogen) atoms. The second-order valence-corrected chi connectivity index (χ2v) is 16.1. The summed E-state index contributed by atoms with van der Waals surface area (Å²) in [4.78, 5) is 21.6. The van der Waals surface area contributed by atoms with Gasteiger partial charge in [-0.05, 0) is 0 Å². The van der Waals surface area contributed by atoms with Gasteiger partial charge >= 0.3 is 144 Å². The van der Waals surface area contributed by atoms with E-state index in [0.29, 0.717) is 0 Å². The Morgan fingerprint density at radius 1 is 1.09 bits per heavy atom. The molecule has 0 saturated carbocycles. The SMILES string of the molecule is Nc1cc([As](SCC(N)C(=O)O)SCC(N)C(=O)O)ccc1O. The van der Waals surface area contributed by atoms with E-state index >= 15 is 0 Å². The molecule has 2 atom stereocenters. The molecule has 0 spiro atoms. The summed E-state index contributed by atoms with van der Waals surface area (Å²) in [6.07, 6.45) is 0. The van der Waals surface area contributed by atoms with Crippen molar-refractivity contribution in [2.75, 3.05) is 17.2 Å². The van der Waals surface area contributed by atoms with Crippen LogP contribution in [0.15, 0.2) is 18.2 Å². The van der Waals surface area contributed by atoms with Crippen molar-refractivity contribution < 1.29 is 24.9 Å². The van der Waals surface area contributed by atoms with Crippen LogP contribution in [-0.2, 0) is 9.59 Å². The van der Waals surface area contributed by atoms with Crippen molar-refractivity contribution in [3.8, 4) is 5.75 Å². The summed E-state index contributed by atoms with van der Waals surface area (Å²) in [5.41, 5.74) is 16.9. The molecule has 0 bridgehead atoms. The number of anilines is 1. The standard InChI is InChI=1S/C12H18AsN3O5S2/c14-7-3-6(1-2-10(7)17)13(22-4-8(15)11(18)19)23-5-9(16)12(20)21/h1-3,8-9,17H,4-5,14-16H2,(H,18,19)(H,20,21). The van der Waals surface area contributed by atoms with Crippen LogP contribution < -0.4 is 21.6 Å². The summed E-state index contributed by atoms with van der Waals surface area (Å²) in [7, 11) is 2.79. The number of rotatable bonds is 9. The quantitative estimate of drug-likeness (QED) is 0.164. The molecule has 0 aliphatic rings. The third kappa shape index (κ3) is 6.52. The van der Waals surface area contributed by atoms with Crippen molar-refractivity contribution in [1.82, 2.24) is 0 Å². The predicted octanol–water partition coefficient (Wildman–Crippen LogP) is -1.04. The van der Waals surface area contributed by atoms with Crippen LogP contribution in [0, 0.1) is 0 Å². The van der Waals surface area contributed by atoms with E-state index in [0.717, 1.165) is 4.35 Å². The van der Waals surface area contributed by atoms with Crippen LogP contribution in [0.25, 0.3) is 0 Å². The van der Waals surface area contributed by atoms with Gasteiger partial charge in [0.25, 0.3) is 0 Å². The number of phenolic OH excluding ortho intramolecular Hbond substituents is 1. The monoisotopic (exact) mass is 423 g/mol. The van der Waals surface area contributed by atoms with E-state index in [2.05, 4.69) is 0 Å². The molecular weight excluding hydrogens is 405 g/mol. The first-order valence-corrected chi connectivity index (χ1v) is 13.8. The molecule has 1 aromatic rings. The molecule has 128 valence electrons. The van der Waals surface area contributed by atoms with E-state index in [4.69, 9.17) is 27.4 Å². The van der Waals surface area contributed by atoms with E-state index in [9.17, 15) is 14.7 Å². The van der Waals surface area contributed by atoms with Gasteiger partial charge in [-0.2, -0.15) is 0 Å². The van der Waals surface area contributed by atoms with Gasteiger partial charge in [0.1, 0.15) is 0 Å². The van der Waals surface area contributed by atoms with Crippen molar-refractivity contribution >= 4 is 54.4 Å². The second-order valence-electron chi connectivity index (χ2n) is 4.48. The average molecular weight is 423 g/mol. The number of hydrogen-bond acceptors (Lipinski definition) is 8. The number of hydrogen-bond donors (Lipinski definition) is 6. The topological polar surface area (TPSA) is 173 Å². The zero-order valence-corrected chi connectivity index (χ0v) is 15.5. The molecule has 0 heterocycles. The van der Waals surface area contributed by atoms with Crippen molar-refractivity contribution in [2.24, 2.45) is 11.5 Å². The Morgan fingerprint density at radius 2 is 1.57 bits per heavy atom. The van der Waals surface area contributed by atoms with Gasteiger partial charge in [0.05, 0.1) is 0 Å². The van der Waals surface area contributed by atoms with Crippen LogP contribution in [0.2, 0.25) is 0 Å². The van der Waals surface area contributed by atoms with Crippen LogP contribution in [0.4, 0.5) is 5.69 Å². The fourth-order valence-electron chi connectivity index (χ4n) is 1.28. The van der Waals surface area contributed by atoms with Crippen molar-refractivity contribution in [1.29, 1.82) is 0 Å². The molecule has 0 radical (unpaired) electrons. The van der Waals surface area contributed by atoms with Gasteiger partial charge in [-0.25, -0.2) is 0 Å². The molecule has 9 N–H and O–H groups in total. The van der Waals surface area contributed by atoms with E-state index in [1.165, 1.54) is 26.1 Å². The van der Waals surface area contributed by atoms with Crippen LogP contribution in [0.1, 0.15) is 0 Å². The van der Waals surface area contributed by atoms with Crippen LogP contribution in [0.3, 0.4) is 0 Å². The second kappa shape index (κ2) is 9.29. The van der Waals surface area contributed by atoms with Gasteiger partial charge in [0, 0.05) is 0 Å². The fraction of sp³-hybridized carbons (Fsp3) is 0.333. The maximum absolute atomic E-state index is 10.8. The number of nitrogens with two attached hydrogens (primary N) is 3. The summed E-state index contributed by atoms with van der Waals surface area (Å²) in [5, 5.41) is 27.2. The summed E-state index contributed by atoms with van der Waals surface area (Å²) in [6.45, 7) is 0. The predicted molar refractivity (Wildman–Crippen MR) is 94.0 cm³/mol. The fourth-order valence-corrected chi connectivity index (χ4v) is 13.8. The number of carboxylic acid groups (broad SMARTS) is 2. The molecular formula is C12H18AsN3O5S2. The Labute approximate surface area is 144 Å². The molecule has 0 aliphatic carbocycles. The van der Waals surface area contributed by atoms with E-state index in [1.807, 2.05) is 0 Å². The molecule has 8 nitrogen and oxygen atoms in total. The van der Waals surface area contributed by atoms with E-state index in [-0.39, 0.29) is 22.9 Å². The van der Waals surface area contributed by atoms with Crippen molar-refractivity contribution in [2.45, 2.75) is 12.1 Å². The summed E-state index contributed by atoms with van der Waals surface area (Å²) in [6, 6.07) is 2.78. The summed E-state index contributed by atoms with van der Waals surface area (Å²) in [5.74, 6) is -1.83. The number of nitrogen functional groups attached to an aromatic ring is 1. The van der Waals surface area contributed by atoms with Gasteiger partial charge in [0.15, 0.2) is 0 Å². The third-order valence-electron chi connectivity index (χ3n) is 2.60. The Bertz CT molecular complexity index is 554. The van der Waals surface area contributed by atoms with Gasteiger partial charge in [-0.3, -0.25) is 0 Å². The average Bonchev–Trinajstić information content (AvgIpc) is 2.49. The molecule has 0 aliphatic heterocycles. The Morgan fingerprint density at radius 3 is 1.96 bits per heavy atom. The number of carboxylic acids is 2. The Balaban J connectivity index is 2.84. The molecule has 1 aromatic carbocycles.